The highest BCUT2D eigenvalue weighted by Crippen LogP contribution is 2.32. The average Bonchev–Trinajstić information content (AvgIpc) is 2.86. The molecule has 0 bridgehead atoms. The maximum atomic E-state index is 12.4. The van der Waals surface area contributed by atoms with E-state index in [2.05, 4.69) is 5.10 Å². The van der Waals surface area contributed by atoms with Crippen molar-refractivity contribution in [1.82, 2.24) is 14.1 Å². The molecular formula is C11H18ClN3O3S. The molecule has 0 atom stereocenters. The quantitative estimate of drug-likeness (QED) is 0.900. The van der Waals surface area contributed by atoms with Crippen LogP contribution in [0.2, 0.25) is 5.02 Å². The summed E-state index contributed by atoms with van der Waals surface area (Å²) in [5.41, 5.74) is -0.924. The summed E-state index contributed by atoms with van der Waals surface area (Å²) in [6.07, 6.45) is 4.41. The van der Waals surface area contributed by atoms with E-state index in [4.69, 9.17) is 11.6 Å². The van der Waals surface area contributed by atoms with Crippen LogP contribution >= 0.6 is 11.6 Å². The third-order valence-corrected chi connectivity index (χ3v) is 5.86. The Morgan fingerprint density at radius 1 is 1.53 bits per heavy atom. The molecule has 0 amide bonds. The summed E-state index contributed by atoms with van der Waals surface area (Å²) in [6, 6.07) is 0. The molecule has 108 valence electrons. The molecule has 0 unspecified atom stereocenters. The zero-order valence-electron chi connectivity index (χ0n) is 11.0. The number of nitrogens with zero attached hydrogens (tertiary/aromatic N) is 3. The number of sulfonamides is 1. The Bertz CT molecular complexity index is 544. The van der Waals surface area contributed by atoms with Crippen LogP contribution < -0.4 is 0 Å². The Morgan fingerprint density at radius 3 is 2.58 bits per heavy atom. The second-order valence-corrected chi connectivity index (χ2v) is 7.48. The maximum Gasteiger partial charge on any atom is 0.261 e. The van der Waals surface area contributed by atoms with Gasteiger partial charge in [-0.05, 0) is 12.8 Å². The Morgan fingerprint density at radius 2 is 2.11 bits per heavy atom. The molecule has 0 spiro atoms. The van der Waals surface area contributed by atoms with Crippen LogP contribution in [0.5, 0.6) is 0 Å². The van der Waals surface area contributed by atoms with Crippen molar-refractivity contribution < 1.29 is 13.5 Å². The van der Waals surface area contributed by atoms with Gasteiger partial charge in [-0.1, -0.05) is 24.4 Å². The van der Waals surface area contributed by atoms with E-state index in [1.807, 2.05) is 0 Å². The normalized spacial score (nSPS) is 19.2. The minimum Gasteiger partial charge on any atom is -0.389 e. The van der Waals surface area contributed by atoms with Crippen molar-refractivity contribution in [2.45, 2.75) is 36.3 Å². The summed E-state index contributed by atoms with van der Waals surface area (Å²) in [5, 5.41) is 14.2. The standard InChI is InChI=1S/C11H18ClN3O3S/c1-14(8-11(16)5-3-4-6-11)19(17,18)10-9(12)7-13-15(10)2/h7,16H,3-6,8H2,1-2H3. The third kappa shape index (κ3) is 2.79. The van der Waals surface area contributed by atoms with E-state index in [1.54, 1.807) is 0 Å². The van der Waals surface area contributed by atoms with Gasteiger partial charge in [0.25, 0.3) is 10.0 Å². The summed E-state index contributed by atoms with van der Waals surface area (Å²) in [7, 11) is -0.763. The molecule has 1 aromatic heterocycles. The van der Waals surface area contributed by atoms with Crippen molar-refractivity contribution in [2.24, 2.45) is 7.05 Å². The van der Waals surface area contributed by atoms with E-state index in [0.717, 1.165) is 17.1 Å². The van der Waals surface area contributed by atoms with Crippen LogP contribution in [0.15, 0.2) is 11.2 Å². The van der Waals surface area contributed by atoms with E-state index in [9.17, 15) is 13.5 Å². The van der Waals surface area contributed by atoms with E-state index < -0.39 is 15.6 Å². The second kappa shape index (κ2) is 5.05. The monoisotopic (exact) mass is 307 g/mol. The average molecular weight is 308 g/mol. The van der Waals surface area contributed by atoms with Crippen LogP contribution in [0.25, 0.3) is 0 Å². The molecule has 2 rings (SSSR count). The Kier molecular flexibility index (Phi) is 3.92. The number of rotatable bonds is 4. The van der Waals surface area contributed by atoms with Gasteiger partial charge < -0.3 is 5.11 Å². The highest BCUT2D eigenvalue weighted by atomic mass is 35.5. The molecule has 1 aliphatic rings. The molecule has 1 aliphatic carbocycles. The first-order valence-corrected chi connectivity index (χ1v) is 7.94. The molecule has 0 aromatic carbocycles. The Balaban J connectivity index is 2.25. The van der Waals surface area contributed by atoms with Crippen molar-refractivity contribution in [1.29, 1.82) is 0 Å². The fourth-order valence-corrected chi connectivity index (χ4v) is 4.37. The summed E-state index contributed by atoms with van der Waals surface area (Å²) < 4.78 is 27.3. The zero-order chi connectivity index (χ0) is 14.3. The number of aryl methyl sites for hydroxylation is 1. The summed E-state index contributed by atoms with van der Waals surface area (Å²) in [4.78, 5) is 0. The molecular weight excluding hydrogens is 290 g/mol. The molecule has 6 nitrogen and oxygen atoms in total. The molecule has 0 saturated heterocycles. The van der Waals surface area contributed by atoms with Crippen LogP contribution in [0, 0.1) is 0 Å². The number of aliphatic hydroxyl groups is 1. The van der Waals surface area contributed by atoms with E-state index in [1.165, 1.54) is 25.0 Å². The number of hydrogen-bond acceptors (Lipinski definition) is 4. The number of hydrogen-bond donors (Lipinski definition) is 1. The largest absolute Gasteiger partial charge is 0.389 e. The van der Waals surface area contributed by atoms with Gasteiger partial charge in [-0.15, -0.1) is 0 Å². The van der Waals surface area contributed by atoms with Gasteiger partial charge in [0.15, 0.2) is 5.03 Å². The van der Waals surface area contributed by atoms with Crippen molar-refractivity contribution in [3.8, 4) is 0 Å². The predicted octanol–water partition coefficient (Wildman–Crippen LogP) is 0.999. The first-order chi connectivity index (χ1) is 8.76. The van der Waals surface area contributed by atoms with Crippen LogP contribution in [0.1, 0.15) is 25.7 Å². The lowest BCUT2D eigenvalue weighted by molar-refractivity contribution is 0.0332. The van der Waals surface area contributed by atoms with Gasteiger partial charge in [0.2, 0.25) is 0 Å². The predicted molar refractivity (Wildman–Crippen MR) is 71.5 cm³/mol. The van der Waals surface area contributed by atoms with Crippen LogP contribution in [-0.4, -0.2) is 46.8 Å². The SMILES string of the molecule is CN(CC1(O)CCCC1)S(=O)(=O)c1c(Cl)cnn1C. The number of likely N-dealkylation sites (N-methyl/N-ethyl adjacent to an activating group) is 1. The van der Waals surface area contributed by atoms with Crippen LogP contribution in [-0.2, 0) is 17.1 Å². The Hall–Kier alpha value is -0.630. The number of halogens is 1. The molecule has 1 N–H and O–H groups in total. The van der Waals surface area contributed by atoms with Crippen molar-refractivity contribution in [3.05, 3.63) is 11.2 Å². The molecule has 1 heterocycles. The smallest absolute Gasteiger partial charge is 0.261 e. The number of aromatic nitrogens is 2. The highest BCUT2D eigenvalue weighted by molar-refractivity contribution is 7.89. The minimum atomic E-state index is -3.74. The van der Waals surface area contributed by atoms with Crippen LogP contribution in [0.3, 0.4) is 0 Å². The van der Waals surface area contributed by atoms with Gasteiger partial charge in [0.05, 0.1) is 16.8 Å². The Labute approximate surface area is 118 Å². The van der Waals surface area contributed by atoms with Gasteiger partial charge in [-0.3, -0.25) is 4.68 Å². The van der Waals surface area contributed by atoms with Crippen molar-refractivity contribution in [3.63, 3.8) is 0 Å². The summed E-state index contributed by atoms with van der Waals surface area (Å²) in [6.45, 7) is 0.0802. The zero-order valence-corrected chi connectivity index (χ0v) is 12.6. The first-order valence-electron chi connectivity index (χ1n) is 6.12. The highest BCUT2D eigenvalue weighted by Gasteiger charge is 2.37. The van der Waals surface area contributed by atoms with Crippen LogP contribution in [0.4, 0.5) is 0 Å². The minimum absolute atomic E-state index is 0.0433. The first kappa shape index (κ1) is 14.8. The lowest BCUT2D eigenvalue weighted by Gasteiger charge is -2.28. The van der Waals surface area contributed by atoms with Gasteiger partial charge in [-0.2, -0.15) is 9.40 Å². The fraction of sp³-hybridized carbons (Fsp3) is 0.727. The van der Waals surface area contributed by atoms with Gasteiger partial charge in [0, 0.05) is 20.6 Å². The second-order valence-electron chi connectivity index (χ2n) is 5.11. The molecule has 1 fully saturated rings. The van der Waals surface area contributed by atoms with Gasteiger partial charge >= 0.3 is 0 Å². The van der Waals surface area contributed by atoms with E-state index in [0.29, 0.717) is 12.8 Å². The summed E-state index contributed by atoms with van der Waals surface area (Å²) in [5.74, 6) is 0. The van der Waals surface area contributed by atoms with Gasteiger partial charge in [-0.25, -0.2) is 8.42 Å². The van der Waals surface area contributed by atoms with Gasteiger partial charge in [0.1, 0.15) is 0 Å². The van der Waals surface area contributed by atoms with Crippen molar-refractivity contribution >= 4 is 21.6 Å². The topological polar surface area (TPSA) is 75.4 Å². The lowest BCUT2D eigenvalue weighted by atomic mass is 10.0. The van der Waals surface area contributed by atoms with E-state index in [-0.39, 0.29) is 16.6 Å². The molecule has 8 heteroatoms. The van der Waals surface area contributed by atoms with Crippen molar-refractivity contribution in [2.75, 3.05) is 13.6 Å². The molecule has 1 saturated carbocycles. The van der Waals surface area contributed by atoms with E-state index >= 15 is 0 Å². The molecule has 1 aromatic rings. The lowest BCUT2D eigenvalue weighted by Crippen LogP contribution is -2.42. The molecule has 0 aliphatic heterocycles. The maximum absolute atomic E-state index is 12.4. The fourth-order valence-electron chi connectivity index (χ4n) is 2.53. The third-order valence-electron chi connectivity index (χ3n) is 3.55. The molecule has 0 radical (unpaired) electrons. The molecule has 19 heavy (non-hydrogen) atoms. The summed E-state index contributed by atoms with van der Waals surface area (Å²) >= 11 is 5.87.